The number of nitrogens with two attached hydrogens (primary N) is 1. The monoisotopic (exact) mass is 568 g/mol. The van der Waals surface area contributed by atoms with Crippen LogP contribution in [0.25, 0.3) is 0 Å². The topological polar surface area (TPSA) is 162 Å². The molecule has 6 N–H and O–H groups in total. The Morgan fingerprint density at radius 2 is 1.49 bits per heavy atom. The lowest BCUT2D eigenvalue weighted by atomic mass is 9.94. The van der Waals surface area contributed by atoms with Crippen LogP contribution < -0.4 is 16.4 Å². The van der Waals surface area contributed by atoms with E-state index in [2.05, 4.69) is 10.6 Å². The maximum absolute atomic E-state index is 13.4. The molecule has 3 atom stereocenters. The third-order valence-corrected chi connectivity index (χ3v) is 6.58. The molecule has 0 aliphatic heterocycles. The van der Waals surface area contributed by atoms with Crippen LogP contribution in [0, 0.1) is 5.92 Å². The third-order valence-electron chi connectivity index (χ3n) is 6.58. The van der Waals surface area contributed by atoms with Gasteiger partial charge < -0.3 is 31.5 Å². The second-order valence-electron chi connectivity index (χ2n) is 10.7. The lowest BCUT2D eigenvalue weighted by molar-refractivity contribution is -0.125. The van der Waals surface area contributed by atoms with Crippen LogP contribution in [0.3, 0.4) is 0 Å². The van der Waals surface area contributed by atoms with E-state index < -0.39 is 36.0 Å². The van der Waals surface area contributed by atoms with E-state index in [1.165, 1.54) is 18.2 Å². The minimum Gasteiger partial charge on any atom is -0.390 e. The standard InChI is InChI=1S/C31H44N4O6/c1-5-12-35(13-6-2)31(41)24-16-22(29(32)39)15-23(17-24)30(40)34-25(14-20(3)4)28(38)26(36)18-27(37)33-19-21-10-8-7-9-11-21/h7-11,15-17,20,25-26,28,36,38H,5-6,12-14,18-19H2,1-4H3,(H2,32,39)(H,33,37)(H,34,40). The van der Waals surface area contributed by atoms with E-state index in [4.69, 9.17) is 5.73 Å². The Kier molecular flexibility index (Phi) is 13.5. The summed E-state index contributed by atoms with van der Waals surface area (Å²) in [6, 6.07) is 12.4. The molecule has 0 spiro atoms. The number of aliphatic hydroxyl groups excluding tert-OH is 2. The molecule has 2 aromatic carbocycles. The Hall–Kier alpha value is -3.76. The number of carbonyl (C=O) groups is 4. The van der Waals surface area contributed by atoms with E-state index in [9.17, 15) is 29.4 Å². The second-order valence-corrected chi connectivity index (χ2v) is 10.7. The number of benzene rings is 2. The first-order chi connectivity index (χ1) is 19.5. The Morgan fingerprint density at radius 1 is 0.902 bits per heavy atom. The molecule has 0 aromatic heterocycles. The average molecular weight is 569 g/mol. The number of amides is 4. The summed E-state index contributed by atoms with van der Waals surface area (Å²) >= 11 is 0. The van der Waals surface area contributed by atoms with Gasteiger partial charge >= 0.3 is 0 Å². The van der Waals surface area contributed by atoms with Gasteiger partial charge in [-0.05, 0) is 48.9 Å². The molecule has 0 aliphatic rings. The zero-order valence-electron chi connectivity index (χ0n) is 24.4. The number of carbonyl (C=O) groups excluding carboxylic acids is 4. The predicted molar refractivity (Wildman–Crippen MR) is 157 cm³/mol. The van der Waals surface area contributed by atoms with Crippen molar-refractivity contribution in [2.45, 2.75) is 78.2 Å². The van der Waals surface area contributed by atoms with Crippen molar-refractivity contribution in [2.75, 3.05) is 13.1 Å². The first kappa shape index (κ1) is 33.4. The fourth-order valence-electron chi connectivity index (χ4n) is 4.55. The van der Waals surface area contributed by atoms with Crippen LogP contribution in [0.15, 0.2) is 48.5 Å². The molecule has 4 amide bonds. The maximum atomic E-state index is 13.4. The third kappa shape index (κ3) is 10.6. The second kappa shape index (κ2) is 16.5. The molecule has 0 radical (unpaired) electrons. The van der Waals surface area contributed by atoms with Crippen molar-refractivity contribution >= 4 is 23.6 Å². The predicted octanol–water partition coefficient (Wildman–Crippen LogP) is 2.62. The van der Waals surface area contributed by atoms with Gasteiger partial charge in [0.25, 0.3) is 11.8 Å². The minimum absolute atomic E-state index is 0.00465. The molecule has 224 valence electrons. The molecule has 10 nitrogen and oxygen atoms in total. The number of hydrogen-bond donors (Lipinski definition) is 5. The summed E-state index contributed by atoms with van der Waals surface area (Å²) in [5, 5.41) is 27.1. The van der Waals surface area contributed by atoms with E-state index in [0.717, 1.165) is 18.4 Å². The highest BCUT2D eigenvalue weighted by Gasteiger charge is 2.30. The molecule has 0 fully saturated rings. The van der Waals surface area contributed by atoms with Gasteiger partial charge in [0.2, 0.25) is 11.8 Å². The van der Waals surface area contributed by atoms with E-state index in [1.54, 1.807) is 4.90 Å². The number of rotatable bonds is 16. The summed E-state index contributed by atoms with van der Waals surface area (Å²) in [4.78, 5) is 52.7. The highest BCUT2D eigenvalue weighted by atomic mass is 16.3. The van der Waals surface area contributed by atoms with Crippen LogP contribution in [-0.2, 0) is 11.3 Å². The molecule has 0 saturated carbocycles. The summed E-state index contributed by atoms with van der Waals surface area (Å²) < 4.78 is 0. The van der Waals surface area contributed by atoms with Gasteiger partial charge in [0.1, 0.15) is 6.10 Å². The number of primary amides is 1. The Balaban J connectivity index is 2.21. The zero-order chi connectivity index (χ0) is 30.5. The van der Waals surface area contributed by atoms with Crippen molar-refractivity contribution in [3.63, 3.8) is 0 Å². The molecule has 10 heteroatoms. The number of aliphatic hydroxyl groups is 2. The lowest BCUT2D eigenvalue weighted by Gasteiger charge is -2.29. The van der Waals surface area contributed by atoms with Crippen LogP contribution in [0.4, 0.5) is 0 Å². The lowest BCUT2D eigenvalue weighted by Crippen LogP contribution is -2.50. The van der Waals surface area contributed by atoms with Crippen LogP contribution >= 0.6 is 0 Å². The van der Waals surface area contributed by atoms with E-state index in [1.807, 2.05) is 58.0 Å². The van der Waals surface area contributed by atoms with E-state index in [-0.39, 0.29) is 41.5 Å². The molecule has 41 heavy (non-hydrogen) atoms. The van der Waals surface area contributed by atoms with Crippen LogP contribution in [0.5, 0.6) is 0 Å². The number of nitrogens with one attached hydrogen (secondary N) is 2. The SMILES string of the molecule is CCCN(CCC)C(=O)c1cc(C(N)=O)cc(C(=O)NC(CC(C)C)C(O)C(O)CC(=O)NCc2ccccc2)c1. The number of nitrogens with zero attached hydrogens (tertiary/aromatic N) is 1. The van der Waals surface area contributed by atoms with Gasteiger partial charge in [-0.2, -0.15) is 0 Å². The summed E-state index contributed by atoms with van der Waals surface area (Å²) in [6.07, 6.45) is -1.46. The average Bonchev–Trinajstić information content (AvgIpc) is 2.94. The van der Waals surface area contributed by atoms with Crippen molar-refractivity contribution < 1.29 is 29.4 Å². The summed E-state index contributed by atoms with van der Waals surface area (Å²) in [7, 11) is 0. The molecule has 2 aromatic rings. The maximum Gasteiger partial charge on any atom is 0.253 e. The van der Waals surface area contributed by atoms with E-state index in [0.29, 0.717) is 19.5 Å². The van der Waals surface area contributed by atoms with Gasteiger partial charge in [0, 0.05) is 36.3 Å². The van der Waals surface area contributed by atoms with Crippen LogP contribution in [0.1, 0.15) is 90.0 Å². The summed E-state index contributed by atoms with van der Waals surface area (Å²) in [5.41, 5.74) is 6.58. The van der Waals surface area contributed by atoms with Gasteiger partial charge in [-0.3, -0.25) is 19.2 Å². The van der Waals surface area contributed by atoms with Crippen molar-refractivity contribution in [1.82, 2.24) is 15.5 Å². The van der Waals surface area contributed by atoms with Gasteiger partial charge in [0.05, 0.1) is 18.6 Å². The molecular weight excluding hydrogens is 524 g/mol. The quantitative estimate of drug-likeness (QED) is 0.209. The summed E-state index contributed by atoms with van der Waals surface area (Å²) in [6.45, 7) is 9.02. The normalized spacial score (nSPS) is 13.2. The highest BCUT2D eigenvalue weighted by Crippen LogP contribution is 2.17. The molecule has 2 rings (SSSR count). The fourth-order valence-corrected chi connectivity index (χ4v) is 4.55. The molecule has 0 aliphatic carbocycles. The Bertz CT molecular complexity index is 1160. The van der Waals surface area contributed by atoms with Crippen molar-refractivity contribution in [2.24, 2.45) is 11.7 Å². The van der Waals surface area contributed by atoms with Crippen LogP contribution in [-0.4, -0.2) is 70.1 Å². The summed E-state index contributed by atoms with van der Waals surface area (Å²) in [5.74, 6) is -2.18. The van der Waals surface area contributed by atoms with Crippen molar-refractivity contribution in [1.29, 1.82) is 0 Å². The molecule has 3 unspecified atom stereocenters. The fraction of sp³-hybridized carbons (Fsp3) is 0.484. The van der Waals surface area contributed by atoms with Gasteiger partial charge in [-0.1, -0.05) is 58.0 Å². The molecule has 0 bridgehead atoms. The van der Waals surface area contributed by atoms with Crippen molar-refractivity contribution in [3.8, 4) is 0 Å². The molecule has 0 heterocycles. The first-order valence-corrected chi connectivity index (χ1v) is 14.2. The molecule has 0 saturated heterocycles. The van der Waals surface area contributed by atoms with Crippen molar-refractivity contribution in [3.05, 3.63) is 70.8 Å². The van der Waals surface area contributed by atoms with E-state index >= 15 is 0 Å². The highest BCUT2D eigenvalue weighted by molar-refractivity contribution is 6.04. The smallest absolute Gasteiger partial charge is 0.253 e. The Labute approximate surface area is 242 Å². The zero-order valence-corrected chi connectivity index (χ0v) is 24.4. The van der Waals surface area contributed by atoms with Gasteiger partial charge in [0.15, 0.2) is 0 Å². The number of hydrogen-bond acceptors (Lipinski definition) is 6. The minimum atomic E-state index is -1.45. The first-order valence-electron chi connectivity index (χ1n) is 14.2. The molecular formula is C31H44N4O6. The largest absolute Gasteiger partial charge is 0.390 e. The van der Waals surface area contributed by atoms with Gasteiger partial charge in [-0.15, -0.1) is 0 Å². The van der Waals surface area contributed by atoms with Gasteiger partial charge in [-0.25, -0.2) is 0 Å². The Morgan fingerprint density at radius 3 is 2.05 bits per heavy atom. The van der Waals surface area contributed by atoms with Crippen LogP contribution in [0.2, 0.25) is 0 Å².